The smallest absolute Gasteiger partial charge is 0.118 e. The van der Waals surface area contributed by atoms with Crippen molar-refractivity contribution in [3.05, 3.63) is 51.0 Å². The summed E-state index contributed by atoms with van der Waals surface area (Å²) in [5.74, 6) is 0.634. The van der Waals surface area contributed by atoms with Gasteiger partial charge in [0.15, 0.2) is 0 Å². The number of thiazole rings is 1. The van der Waals surface area contributed by atoms with Crippen LogP contribution in [0.3, 0.4) is 0 Å². The summed E-state index contributed by atoms with van der Waals surface area (Å²) in [6.07, 6.45) is 3.34. The number of aryl methyl sites for hydroxylation is 2. The molecule has 2 aromatic rings. The summed E-state index contributed by atoms with van der Waals surface area (Å²) in [5, 5.41) is 4.86. The lowest BCUT2D eigenvalue weighted by atomic mass is 9.72. The van der Waals surface area contributed by atoms with E-state index in [2.05, 4.69) is 57.4 Å². The van der Waals surface area contributed by atoms with Crippen LogP contribution in [0.25, 0.3) is 0 Å². The van der Waals surface area contributed by atoms with Gasteiger partial charge in [0.2, 0.25) is 0 Å². The summed E-state index contributed by atoms with van der Waals surface area (Å²) in [5.41, 5.74) is 4.04. The zero-order valence-corrected chi connectivity index (χ0v) is 14.2. The van der Waals surface area contributed by atoms with Crippen molar-refractivity contribution in [2.45, 2.75) is 51.5 Å². The SMILES string of the molecule is CCc1nc(C2(NC)CCC(C)c3ccccc32)sc1C. The highest BCUT2D eigenvalue weighted by Gasteiger charge is 2.41. The van der Waals surface area contributed by atoms with Crippen molar-refractivity contribution < 1.29 is 0 Å². The summed E-state index contributed by atoms with van der Waals surface area (Å²) in [7, 11) is 2.08. The largest absolute Gasteiger partial charge is 0.305 e. The Morgan fingerprint density at radius 3 is 2.81 bits per heavy atom. The molecular formula is C18H24N2S. The molecule has 0 saturated heterocycles. The van der Waals surface area contributed by atoms with E-state index in [-0.39, 0.29) is 5.54 Å². The van der Waals surface area contributed by atoms with E-state index in [1.165, 1.54) is 33.1 Å². The maximum absolute atomic E-state index is 4.97. The van der Waals surface area contributed by atoms with Gasteiger partial charge in [-0.25, -0.2) is 4.98 Å². The van der Waals surface area contributed by atoms with Gasteiger partial charge in [-0.2, -0.15) is 0 Å². The molecule has 3 heteroatoms. The van der Waals surface area contributed by atoms with E-state index in [1.807, 2.05) is 11.3 Å². The average molecular weight is 300 g/mol. The monoisotopic (exact) mass is 300 g/mol. The fraction of sp³-hybridized carbons (Fsp3) is 0.500. The van der Waals surface area contributed by atoms with Crippen LogP contribution in [0.5, 0.6) is 0 Å². The molecule has 1 aromatic heterocycles. The van der Waals surface area contributed by atoms with Crippen LogP contribution >= 0.6 is 11.3 Å². The van der Waals surface area contributed by atoms with Crippen molar-refractivity contribution in [3.63, 3.8) is 0 Å². The second-order valence-electron chi connectivity index (χ2n) is 6.06. The first-order valence-corrected chi connectivity index (χ1v) is 8.69. The summed E-state index contributed by atoms with van der Waals surface area (Å²) in [6.45, 7) is 6.72. The number of nitrogens with zero attached hydrogens (tertiary/aromatic N) is 1. The third-order valence-electron chi connectivity index (χ3n) is 4.92. The molecule has 1 N–H and O–H groups in total. The average Bonchev–Trinajstić information content (AvgIpc) is 2.90. The molecule has 2 atom stereocenters. The molecule has 112 valence electrons. The van der Waals surface area contributed by atoms with Crippen molar-refractivity contribution in [1.29, 1.82) is 0 Å². The minimum atomic E-state index is -0.105. The molecule has 3 rings (SSSR count). The highest BCUT2D eigenvalue weighted by Crippen LogP contribution is 2.46. The molecular weight excluding hydrogens is 276 g/mol. The number of hydrogen-bond acceptors (Lipinski definition) is 3. The lowest BCUT2D eigenvalue weighted by Crippen LogP contribution is -2.44. The fourth-order valence-corrected chi connectivity index (χ4v) is 4.81. The Morgan fingerprint density at radius 1 is 1.38 bits per heavy atom. The topological polar surface area (TPSA) is 24.9 Å². The first-order chi connectivity index (χ1) is 10.1. The van der Waals surface area contributed by atoms with E-state index in [0.29, 0.717) is 5.92 Å². The Hall–Kier alpha value is -1.19. The van der Waals surface area contributed by atoms with Gasteiger partial charge in [-0.1, -0.05) is 38.1 Å². The molecule has 0 radical (unpaired) electrons. The van der Waals surface area contributed by atoms with Gasteiger partial charge in [0, 0.05) is 4.88 Å². The Morgan fingerprint density at radius 2 is 2.14 bits per heavy atom. The van der Waals surface area contributed by atoms with E-state index in [1.54, 1.807) is 0 Å². The number of rotatable bonds is 3. The number of nitrogens with one attached hydrogen (secondary N) is 1. The van der Waals surface area contributed by atoms with Crippen LogP contribution < -0.4 is 5.32 Å². The number of hydrogen-bond donors (Lipinski definition) is 1. The van der Waals surface area contributed by atoms with Crippen LogP contribution in [0, 0.1) is 6.92 Å². The van der Waals surface area contributed by atoms with Crippen molar-refractivity contribution >= 4 is 11.3 Å². The summed E-state index contributed by atoms with van der Waals surface area (Å²) < 4.78 is 0. The summed E-state index contributed by atoms with van der Waals surface area (Å²) in [6, 6.07) is 8.88. The Kier molecular flexibility index (Phi) is 3.89. The minimum absolute atomic E-state index is 0.105. The van der Waals surface area contributed by atoms with Gasteiger partial charge in [0.1, 0.15) is 5.01 Å². The van der Waals surface area contributed by atoms with Gasteiger partial charge >= 0.3 is 0 Å². The molecule has 1 heterocycles. The molecule has 0 spiro atoms. The van der Waals surface area contributed by atoms with Gasteiger partial charge in [-0.05, 0) is 50.3 Å². The molecule has 0 saturated carbocycles. The molecule has 0 amide bonds. The Labute approximate surface area is 131 Å². The Bertz CT molecular complexity index is 646. The zero-order valence-electron chi connectivity index (χ0n) is 13.4. The van der Waals surface area contributed by atoms with Gasteiger partial charge in [-0.15, -0.1) is 11.3 Å². The third kappa shape index (κ3) is 2.23. The minimum Gasteiger partial charge on any atom is -0.305 e. The van der Waals surface area contributed by atoms with E-state index in [4.69, 9.17) is 4.98 Å². The molecule has 0 fully saturated rings. The first-order valence-electron chi connectivity index (χ1n) is 7.87. The van der Waals surface area contributed by atoms with Crippen LogP contribution in [-0.4, -0.2) is 12.0 Å². The standard InChI is InChI=1S/C18H24N2S/c1-5-16-13(3)21-17(20-16)18(19-4)11-10-12(2)14-8-6-7-9-15(14)18/h6-9,12,19H,5,10-11H2,1-4H3. The van der Waals surface area contributed by atoms with Gasteiger partial charge in [0.25, 0.3) is 0 Å². The molecule has 21 heavy (non-hydrogen) atoms. The maximum Gasteiger partial charge on any atom is 0.118 e. The normalized spacial score (nSPS) is 24.9. The predicted molar refractivity (Wildman–Crippen MR) is 90.2 cm³/mol. The highest BCUT2D eigenvalue weighted by atomic mass is 32.1. The summed E-state index contributed by atoms with van der Waals surface area (Å²) in [4.78, 5) is 6.33. The van der Waals surface area contributed by atoms with Crippen molar-refractivity contribution in [2.24, 2.45) is 0 Å². The van der Waals surface area contributed by atoms with Crippen molar-refractivity contribution in [3.8, 4) is 0 Å². The second kappa shape index (κ2) is 5.54. The summed E-state index contributed by atoms with van der Waals surface area (Å²) >= 11 is 1.86. The molecule has 2 nitrogen and oxygen atoms in total. The van der Waals surface area contributed by atoms with Crippen LogP contribution in [0.1, 0.15) is 59.3 Å². The Balaban J connectivity index is 2.19. The predicted octanol–water partition coefficient (Wildman–Crippen LogP) is 4.37. The molecule has 2 unspecified atom stereocenters. The first kappa shape index (κ1) is 14.7. The van der Waals surface area contributed by atoms with Crippen LogP contribution in [0.15, 0.2) is 24.3 Å². The number of benzene rings is 1. The number of fused-ring (bicyclic) bond motifs is 1. The van der Waals surface area contributed by atoms with Crippen LogP contribution in [0.2, 0.25) is 0 Å². The quantitative estimate of drug-likeness (QED) is 0.910. The zero-order chi connectivity index (χ0) is 15.0. The molecule has 1 aliphatic carbocycles. The lowest BCUT2D eigenvalue weighted by Gasteiger charge is -2.40. The van der Waals surface area contributed by atoms with Crippen LogP contribution in [0.4, 0.5) is 0 Å². The van der Waals surface area contributed by atoms with Crippen molar-refractivity contribution in [1.82, 2.24) is 10.3 Å². The van der Waals surface area contributed by atoms with Crippen LogP contribution in [-0.2, 0) is 12.0 Å². The molecule has 1 aliphatic rings. The highest BCUT2D eigenvalue weighted by molar-refractivity contribution is 7.11. The maximum atomic E-state index is 4.97. The molecule has 1 aromatic carbocycles. The van der Waals surface area contributed by atoms with Gasteiger partial charge in [0.05, 0.1) is 11.2 Å². The fourth-order valence-electron chi connectivity index (χ4n) is 3.57. The second-order valence-corrected chi connectivity index (χ2v) is 7.26. The van der Waals surface area contributed by atoms with Crippen molar-refractivity contribution in [2.75, 3.05) is 7.05 Å². The van der Waals surface area contributed by atoms with Gasteiger partial charge < -0.3 is 5.32 Å². The van der Waals surface area contributed by atoms with E-state index >= 15 is 0 Å². The van der Waals surface area contributed by atoms with E-state index in [9.17, 15) is 0 Å². The molecule has 0 aliphatic heterocycles. The third-order valence-corrected chi connectivity index (χ3v) is 6.10. The molecule has 0 bridgehead atoms. The lowest BCUT2D eigenvalue weighted by molar-refractivity contribution is 0.349. The van der Waals surface area contributed by atoms with Gasteiger partial charge in [-0.3, -0.25) is 0 Å². The van der Waals surface area contributed by atoms with E-state index < -0.39 is 0 Å². The van der Waals surface area contributed by atoms with E-state index in [0.717, 1.165) is 12.8 Å². The number of aromatic nitrogens is 1.